The summed E-state index contributed by atoms with van der Waals surface area (Å²) >= 11 is 0. The molecule has 1 amide bonds. The molecule has 0 aliphatic rings. The van der Waals surface area contributed by atoms with E-state index in [-0.39, 0.29) is 11.3 Å². The monoisotopic (exact) mass is 381 g/mol. The van der Waals surface area contributed by atoms with Crippen molar-refractivity contribution >= 4 is 23.0 Å². The standard InChI is InChI=1S/C19H19N5O4/c1-20-17-8-5-14(24(26)27)11-16(17)19(25)22-13-3-6-15(7-4-13)28-12-18-21-9-10-23(18)2/h3-11,20H,12H2,1-2H3,(H,22,25). The molecule has 0 bridgehead atoms. The lowest BCUT2D eigenvalue weighted by molar-refractivity contribution is -0.384. The van der Waals surface area contributed by atoms with Crippen LogP contribution in [-0.4, -0.2) is 27.4 Å². The van der Waals surface area contributed by atoms with E-state index in [2.05, 4.69) is 15.6 Å². The summed E-state index contributed by atoms with van der Waals surface area (Å²) in [6, 6.07) is 10.9. The van der Waals surface area contributed by atoms with Gasteiger partial charge in [-0.1, -0.05) is 0 Å². The van der Waals surface area contributed by atoms with E-state index in [0.717, 1.165) is 5.82 Å². The number of amides is 1. The average Bonchev–Trinajstić information content (AvgIpc) is 3.11. The normalized spacial score (nSPS) is 10.4. The molecule has 0 saturated heterocycles. The number of nitro groups is 1. The molecular formula is C19H19N5O4. The van der Waals surface area contributed by atoms with Gasteiger partial charge in [-0.2, -0.15) is 0 Å². The van der Waals surface area contributed by atoms with Crippen molar-refractivity contribution < 1.29 is 14.5 Å². The second-order valence-electron chi connectivity index (χ2n) is 5.96. The van der Waals surface area contributed by atoms with Gasteiger partial charge >= 0.3 is 0 Å². The van der Waals surface area contributed by atoms with Crippen LogP contribution in [0.1, 0.15) is 16.2 Å². The van der Waals surface area contributed by atoms with Crippen LogP contribution in [0.2, 0.25) is 0 Å². The number of ether oxygens (including phenoxy) is 1. The Morgan fingerprint density at radius 3 is 2.61 bits per heavy atom. The summed E-state index contributed by atoms with van der Waals surface area (Å²) in [6.07, 6.45) is 3.54. The Morgan fingerprint density at radius 1 is 1.25 bits per heavy atom. The van der Waals surface area contributed by atoms with E-state index in [4.69, 9.17) is 4.74 Å². The lowest BCUT2D eigenvalue weighted by Crippen LogP contribution is -2.14. The summed E-state index contributed by atoms with van der Waals surface area (Å²) in [5.41, 5.74) is 1.08. The van der Waals surface area contributed by atoms with Crippen LogP contribution >= 0.6 is 0 Å². The van der Waals surface area contributed by atoms with Crippen LogP contribution in [0, 0.1) is 10.1 Å². The van der Waals surface area contributed by atoms with Gasteiger partial charge in [0, 0.05) is 50.0 Å². The number of aromatic nitrogens is 2. The van der Waals surface area contributed by atoms with Crippen molar-refractivity contribution in [3.8, 4) is 5.75 Å². The number of carbonyl (C=O) groups excluding carboxylic acids is 1. The highest BCUT2D eigenvalue weighted by molar-refractivity contribution is 6.08. The summed E-state index contributed by atoms with van der Waals surface area (Å²) in [7, 11) is 3.53. The third-order valence-corrected chi connectivity index (χ3v) is 4.13. The molecule has 1 heterocycles. The Kier molecular flexibility index (Phi) is 5.54. The molecule has 2 aromatic carbocycles. The van der Waals surface area contributed by atoms with Gasteiger partial charge in [-0.3, -0.25) is 14.9 Å². The number of nitrogens with zero attached hydrogens (tertiary/aromatic N) is 3. The number of benzene rings is 2. The Bertz CT molecular complexity index is 998. The van der Waals surface area contributed by atoms with Crippen LogP contribution in [0.15, 0.2) is 54.9 Å². The molecule has 9 heteroatoms. The molecule has 0 spiro atoms. The molecule has 3 rings (SSSR count). The Hall–Kier alpha value is -3.88. The fraction of sp³-hybridized carbons (Fsp3) is 0.158. The first-order valence-electron chi connectivity index (χ1n) is 8.44. The predicted octanol–water partition coefficient (Wildman–Crippen LogP) is 3.20. The highest BCUT2D eigenvalue weighted by Gasteiger charge is 2.16. The second-order valence-corrected chi connectivity index (χ2v) is 5.96. The van der Waals surface area contributed by atoms with Crippen LogP contribution in [0.4, 0.5) is 17.1 Å². The first-order chi connectivity index (χ1) is 13.5. The fourth-order valence-electron chi connectivity index (χ4n) is 2.57. The van der Waals surface area contributed by atoms with E-state index in [1.165, 1.54) is 18.2 Å². The zero-order valence-corrected chi connectivity index (χ0v) is 15.4. The number of anilines is 2. The van der Waals surface area contributed by atoms with Crippen LogP contribution in [-0.2, 0) is 13.7 Å². The number of nitro benzene ring substituents is 1. The van der Waals surface area contributed by atoms with E-state index < -0.39 is 10.8 Å². The highest BCUT2D eigenvalue weighted by atomic mass is 16.6. The number of aryl methyl sites for hydroxylation is 1. The minimum Gasteiger partial charge on any atom is -0.486 e. The maximum atomic E-state index is 12.6. The Labute approximate surface area is 161 Å². The predicted molar refractivity (Wildman–Crippen MR) is 105 cm³/mol. The SMILES string of the molecule is CNc1ccc([N+](=O)[O-])cc1C(=O)Nc1ccc(OCc2nccn2C)cc1. The molecule has 0 saturated carbocycles. The van der Waals surface area contributed by atoms with Crippen molar-refractivity contribution in [1.82, 2.24) is 9.55 Å². The third kappa shape index (κ3) is 4.26. The van der Waals surface area contributed by atoms with Gasteiger partial charge in [0.25, 0.3) is 11.6 Å². The smallest absolute Gasteiger partial charge is 0.270 e. The van der Waals surface area contributed by atoms with E-state index in [1.54, 1.807) is 37.5 Å². The van der Waals surface area contributed by atoms with Crippen molar-refractivity contribution in [3.63, 3.8) is 0 Å². The van der Waals surface area contributed by atoms with E-state index in [1.807, 2.05) is 17.8 Å². The molecule has 0 aliphatic carbocycles. The molecule has 0 unspecified atom stereocenters. The average molecular weight is 381 g/mol. The van der Waals surface area contributed by atoms with Gasteiger partial charge in [-0.15, -0.1) is 0 Å². The number of hydrogen-bond donors (Lipinski definition) is 2. The number of carbonyl (C=O) groups is 1. The summed E-state index contributed by atoms with van der Waals surface area (Å²) in [5, 5.41) is 16.6. The molecule has 0 atom stereocenters. The van der Waals surface area contributed by atoms with Gasteiger partial charge in [-0.05, 0) is 30.3 Å². The van der Waals surface area contributed by atoms with Crippen molar-refractivity contribution in [2.45, 2.75) is 6.61 Å². The van der Waals surface area contributed by atoms with Crippen LogP contribution in [0.3, 0.4) is 0 Å². The van der Waals surface area contributed by atoms with Gasteiger partial charge in [0.15, 0.2) is 0 Å². The number of imidazole rings is 1. The van der Waals surface area contributed by atoms with Crippen LogP contribution in [0.25, 0.3) is 0 Å². The molecule has 1 aromatic heterocycles. The topological polar surface area (TPSA) is 111 Å². The number of nitrogens with one attached hydrogen (secondary N) is 2. The van der Waals surface area contributed by atoms with Crippen molar-refractivity contribution in [2.24, 2.45) is 7.05 Å². The molecule has 144 valence electrons. The Balaban J connectivity index is 1.68. The Morgan fingerprint density at radius 2 is 2.00 bits per heavy atom. The quantitative estimate of drug-likeness (QED) is 0.480. The minimum absolute atomic E-state index is 0.151. The molecule has 0 fully saturated rings. The maximum Gasteiger partial charge on any atom is 0.270 e. The fourth-order valence-corrected chi connectivity index (χ4v) is 2.57. The largest absolute Gasteiger partial charge is 0.486 e. The highest BCUT2D eigenvalue weighted by Crippen LogP contribution is 2.24. The molecule has 9 nitrogen and oxygen atoms in total. The van der Waals surface area contributed by atoms with E-state index in [9.17, 15) is 14.9 Å². The summed E-state index contributed by atoms with van der Waals surface area (Å²) < 4.78 is 7.54. The zero-order valence-electron chi connectivity index (χ0n) is 15.4. The van der Waals surface area contributed by atoms with E-state index in [0.29, 0.717) is 23.7 Å². The van der Waals surface area contributed by atoms with Crippen molar-refractivity contribution in [3.05, 3.63) is 76.4 Å². The van der Waals surface area contributed by atoms with Gasteiger partial charge in [0.1, 0.15) is 18.2 Å². The van der Waals surface area contributed by atoms with Gasteiger partial charge in [-0.25, -0.2) is 4.98 Å². The van der Waals surface area contributed by atoms with Gasteiger partial charge < -0.3 is 19.9 Å². The van der Waals surface area contributed by atoms with Gasteiger partial charge in [0.05, 0.1) is 10.5 Å². The number of rotatable bonds is 7. The van der Waals surface area contributed by atoms with Crippen molar-refractivity contribution in [1.29, 1.82) is 0 Å². The molecule has 2 N–H and O–H groups in total. The molecule has 3 aromatic rings. The molecule has 0 radical (unpaired) electrons. The number of non-ortho nitro benzene ring substituents is 1. The van der Waals surface area contributed by atoms with Gasteiger partial charge in [0.2, 0.25) is 0 Å². The molecule has 0 aliphatic heterocycles. The number of hydrogen-bond acceptors (Lipinski definition) is 6. The van der Waals surface area contributed by atoms with E-state index >= 15 is 0 Å². The minimum atomic E-state index is -0.538. The lowest BCUT2D eigenvalue weighted by atomic mass is 10.1. The first-order valence-corrected chi connectivity index (χ1v) is 8.44. The lowest BCUT2D eigenvalue weighted by Gasteiger charge is -2.11. The van der Waals surface area contributed by atoms with Crippen LogP contribution < -0.4 is 15.4 Å². The maximum absolute atomic E-state index is 12.6. The molecular weight excluding hydrogens is 362 g/mol. The van der Waals surface area contributed by atoms with Crippen molar-refractivity contribution in [2.75, 3.05) is 17.7 Å². The third-order valence-electron chi connectivity index (χ3n) is 4.13. The molecule has 28 heavy (non-hydrogen) atoms. The first kappa shape index (κ1) is 18.9. The summed E-state index contributed by atoms with van der Waals surface area (Å²) in [5.74, 6) is 0.977. The summed E-state index contributed by atoms with van der Waals surface area (Å²) in [4.78, 5) is 27.2. The van der Waals surface area contributed by atoms with Crippen LogP contribution in [0.5, 0.6) is 5.75 Å². The second kappa shape index (κ2) is 8.21. The zero-order chi connectivity index (χ0) is 20.1. The summed E-state index contributed by atoms with van der Waals surface area (Å²) in [6.45, 7) is 0.328.